The van der Waals surface area contributed by atoms with Crippen LogP contribution < -0.4 is 10.6 Å². The van der Waals surface area contributed by atoms with Gasteiger partial charge in [0, 0.05) is 18.8 Å². The number of nitrogens with zero attached hydrogens (tertiary/aromatic N) is 2. The van der Waals surface area contributed by atoms with Crippen molar-refractivity contribution in [1.82, 2.24) is 15.3 Å². The third-order valence-electron chi connectivity index (χ3n) is 3.64. The zero-order chi connectivity index (χ0) is 16.2. The highest BCUT2D eigenvalue weighted by Gasteiger charge is 2.19. The molecule has 1 aliphatic heterocycles. The molecule has 7 heteroatoms. The van der Waals surface area contributed by atoms with Crippen LogP contribution in [-0.4, -0.2) is 35.1 Å². The largest absolute Gasteiger partial charge is 0.376 e. The van der Waals surface area contributed by atoms with E-state index in [-0.39, 0.29) is 12.0 Å². The van der Waals surface area contributed by atoms with Crippen LogP contribution in [0.3, 0.4) is 0 Å². The quantitative estimate of drug-likeness (QED) is 0.880. The van der Waals surface area contributed by atoms with E-state index in [4.69, 9.17) is 4.74 Å². The minimum absolute atomic E-state index is 0.0965. The van der Waals surface area contributed by atoms with Crippen molar-refractivity contribution in [1.29, 1.82) is 0 Å². The lowest BCUT2D eigenvalue weighted by atomic mass is 10.2. The summed E-state index contributed by atoms with van der Waals surface area (Å²) < 4.78 is 5.52. The molecule has 0 radical (unpaired) electrons. The second-order valence-electron chi connectivity index (χ2n) is 5.57. The predicted octanol–water partition coefficient (Wildman–Crippen LogP) is 2.81. The van der Waals surface area contributed by atoms with Crippen LogP contribution in [0.15, 0.2) is 18.2 Å². The highest BCUT2D eigenvalue weighted by Crippen LogP contribution is 2.25. The standard InChI is InChI=1S/C16H20N4O2S/c1-10-5-3-7-13(18-10)20-16-19-11(2)14(23-16)15(21)17-9-12-6-4-8-22-12/h3,5,7,12H,4,6,8-9H2,1-2H3,(H,17,21)(H,18,19,20)/t12-/m0/s1. The lowest BCUT2D eigenvalue weighted by Crippen LogP contribution is -2.31. The summed E-state index contributed by atoms with van der Waals surface area (Å²) in [5.41, 5.74) is 1.65. The third-order valence-corrected chi connectivity index (χ3v) is 4.71. The second-order valence-corrected chi connectivity index (χ2v) is 6.57. The van der Waals surface area contributed by atoms with E-state index in [1.54, 1.807) is 0 Å². The van der Waals surface area contributed by atoms with E-state index in [1.165, 1.54) is 11.3 Å². The molecule has 0 aromatic carbocycles. The Kier molecular flexibility index (Phi) is 4.88. The van der Waals surface area contributed by atoms with Gasteiger partial charge in [-0.25, -0.2) is 9.97 Å². The molecule has 1 atom stereocenters. The maximum absolute atomic E-state index is 12.3. The first-order valence-electron chi connectivity index (χ1n) is 7.70. The Morgan fingerprint density at radius 1 is 1.39 bits per heavy atom. The predicted molar refractivity (Wildman–Crippen MR) is 90.4 cm³/mol. The molecule has 0 saturated carbocycles. The summed E-state index contributed by atoms with van der Waals surface area (Å²) in [6.45, 7) is 5.12. The van der Waals surface area contributed by atoms with Crippen LogP contribution in [0.4, 0.5) is 10.9 Å². The van der Waals surface area contributed by atoms with Crippen LogP contribution in [0.2, 0.25) is 0 Å². The van der Waals surface area contributed by atoms with Gasteiger partial charge in [-0.2, -0.15) is 0 Å². The number of nitrogens with one attached hydrogen (secondary N) is 2. The molecule has 23 heavy (non-hydrogen) atoms. The molecule has 3 heterocycles. The van der Waals surface area contributed by atoms with Crippen LogP contribution in [-0.2, 0) is 4.74 Å². The monoisotopic (exact) mass is 332 g/mol. The third kappa shape index (κ3) is 4.05. The van der Waals surface area contributed by atoms with E-state index in [0.29, 0.717) is 16.6 Å². The van der Waals surface area contributed by atoms with Crippen molar-refractivity contribution in [2.45, 2.75) is 32.8 Å². The fourth-order valence-electron chi connectivity index (χ4n) is 2.47. The number of anilines is 2. The van der Waals surface area contributed by atoms with E-state index in [0.717, 1.165) is 36.7 Å². The fraction of sp³-hybridized carbons (Fsp3) is 0.438. The first-order chi connectivity index (χ1) is 11.1. The van der Waals surface area contributed by atoms with E-state index < -0.39 is 0 Å². The highest BCUT2D eigenvalue weighted by molar-refractivity contribution is 7.17. The molecule has 122 valence electrons. The molecular formula is C16H20N4O2S. The normalized spacial score (nSPS) is 17.2. The number of thiazole rings is 1. The second kappa shape index (κ2) is 7.06. The molecule has 2 N–H and O–H groups in total. The number of amides is 1. The topological polar surface area (TPSA) is 76.1 Å². The number of hydrogen-bond acceptors (Lipinski definition) is 6. The summed E-state index contributed by atoms with van der Waals surface area (Å²) in [4.78, 5) is 21.7. The summed E-state index contributed by atoms with van der Waals surface area (Å²) in [5, 5.41) is 6.75. The zero-order valence-electron chi connectivity index (χ0n) is 13.3. The molecule has 1 aliphatic rings. The van der Waals surface area contributed by atoms with Gasteiger partial charge in [0.25, 0.3) is 5.91 Å². The maximum atomic E-state index is 12.3. The number of carbonyl (C=O) groups is 1. The Morgan fingerprint density at radius 2 is 2.26 bits per heavy atom. The zero-order valence-corrected chi connectivity index (χ0v) is 14.1. The molecule has 0 bridgehead atoms. The highest BCUT2D eigenvalue weighted by atomic mass is 32.1. The Balaban J connectivity index is 1.64. The van der Waals surface area contributed by atoms with Gasteiger partial charge in [0.2, 0.25) is 0 Å². The number of rotatable bonds is 5. The SMILES string of the molecule is Cc1cccc(Nc2nc(C)c(C(=O)NC[C@@H]3CCCO3)s2)n1. The van der Waals surface area contributed by atoms with Crippen LogP contribution in [0.1, 0.15) is 33.9 Å². The lowest BCUT2D eigenvalue weighted by Gasteiger charge is -2.09. The Morgan fingerprint density at radius 3 is 3.00 bits per heavy atom. The smallest absolute Gasteiger partial charge is 0.263 e. The van der Waals surface area contributed by atoms with Gasteiger partial charge in [0.1, 0.15) is 10.7 Å². The number of aromatic nitrogens is 2. The maximum Gasteiger partial charge on any atom is 0.263 e. The summed E-state index contributed by atoms with van der Waals surface area (Å²) in [5.74, 6) is 0.630. The number of pyridine rings is 1. The number of ether oxygens (including phenoxy) is 1. The summed E-state index contributed by atoms with van der Waals surface area (Å²) in [6, 6.07) is 5.74. The lowest BCUT2D eigenvalue weighted by molar-refractivity contribution is 0.0860. The molecule has 0 aliphatic carbocycles. The van der Waals surface area contributed by atoms with Crippen molar-refractivity contribution < 1.29 is 9.53 Å². The minimum Gasteiger partial charge on any atom is -0.376 e. The van der Waals surface area contributed by atoms with Gasteiger partial charge in [0.05, 0.1) is 11.8 Å². The van der Waals surface area contributed by atoms with Crippen molar-refractivity contribution in [2.75, 3.05) is 18.5 Å². The van der Waals surface area contributed by atoms with Crippen LogP contribution >= 0.6 is 11.3 Å². The minimum atomic E-state index is -0.0965. The van der Waals surface area contributed by atoms with Gasteiger partial charge in [-0.1, -0.05) is 17.4 Å². The molecule has 3 rings (SSSR count). The summed E-state index contributed by atoms with van der Waals surface area (Å²) in [6.07, 6.45) is 2.21. The van der Waals surface area contributed by atoms with Gasteiger partial charge >= 0.3 is 0 Å². The van der Waals surface area contributed by atoms with Crippen molar-refractivity contribution in [2.24, 2.45) is 0 Å². The Bertz CT molecular complexity index is 695. The molecule has 1 saturated heterocycles. The van der Waals surface area contributed by atoms with Crippen LogP contribution in [0.25, 0.3) is 0 Å². The number of aryl methyl sites for hydroxylation is 2. The van der Waals surface area contributed by atoms with Crippen molar-refractivity contribution >= 4 is 28.2 Å². The average molecular weight is 332 g/mol. The Hall–Kier alpha value is -1.99. The van der Waals surface area contributed by atoms with Gasteiger partial charge in [-0.05, 0) is 38.8 Å². The van der Waals surface area contributed by atoms with E-state index in [9.17, 15) is 4.79 Å². The molecule has 0 unspecified atom stereocenters. The first kappa shape index (κ1) is 15.9. The van der Waals surface area contributed by atoms with Crippen LogP contribution in [0.5, 0.6) is 0 Å². The van der Waals surface area contributed by atoms with Crippen molar-refractivity contribution in [3.8, 4) is 0 Å². The van der Waals surface area contributed by atoms with Gasteiger partial charge in [0.15, 0.2) is 5.13 Å². The molecule has 6 nitrogen and oxygen atoms in total. The van der Waals surface area contributed by atoms with Gasteiger partial charge in [-0.3, -0.25) is 4.79 Å². The summed E-state index contributed by atoms with van der Waals surface area (Å²) in [7, 11) is 0. The first-order valence-corrected chi connectivity index (χ1v) is 8.51. The molecule has 1 amide bonds. The average Bonchev–Trinajstić information content (AvgIpc) is 3.14. The van der Waals surface area contributed by atoms with Gasteiger partial charge < -0.3 is 15.4 Å². The number of hydrogen-bond donors (Lipinski definition) is 2. The Labute approximate surface area is 139 Å². The summed E-state index contributed by atoms with van der Waals surface area (Å²) >= 11 is 1.34. The van der Waals surface area contributed by atoms with E-state index in [2.05, 4.69) is 20.6 Å². The van der Waals surface area contributed by atoms with Gasteiger partial charge in [-0.15, -0.1) is 0 Å². The van der Waals surface area contributed by atoms with Crippen molar-refractivity contribution in [3.63, 3.8) is 0 Å². The van der Waals surface area contributed by atoms with E-state index >= 15 is 0 Å². The molecule has 1 fully saturated rings. The van der Waals surface area contributed by atoms with Crippen molar-refractivity contribution in [3.05, 3.63) is 34.5 Å². The number of carbonyl (C=O) groups excluding carboxylic acids is 1. The molecule has 2 aromatic heterocycles. The molecule has 2 aromatic rings. The van der Waals surface area contributed by atoms with E-state index in [1.807, 2.05) is 32.0 Å². The van der Waals surface area contributed by atoms with Crippen LogP contribution in [0, 0.1) is 13.8 Å². The molecular weight excluding hydrogens is 312 g/mol. The fourth-order valence-corrected chi connectivity index (χ4v) is 3.36. The molecule has 0 spiro atoms.